The topological polar surface area (TPSA) is 46.9 Å². The van der Waals surface area contributed by atoms with Gasteiger partial charge in [0.1, 0.15) is 0 Å². The Morgan fingerprint density at radius 2 is 1.84 bits per heavy atom. The van der Waals surface area contributed by atoms with Crippen LogP contribution in [0.5, 0.6) is 0 Å². The van der Waals surface area contributed by atoms with Gasteiger partial charge >= 0.3 is 0 Å². The highest BCUT2D eigenvalue weighted by Gasteiger charge is 2.17. The van der Waals surface area contributed by atoms with Gasteiger partial charge in [-0.1, -0.05) is 6.07 Å². The molecule has 0 bridgehead atoms. The van der Waals surface area contributed by atoms with Crippen molar-refractivity contribution < 1.29 is 4.79 Å². The molecule has 0 spiro atoms. The molecule has 0 aliphatic carbocycles. The van der Waals surface area contributed by atoms with Crippen LogP contribution in [-0.4, -0.2) is 15.7 Å². The van der Waals surface area contributed by atoms with E-state index in [1.807, 2.05) is 46.0 Å². The molecule has 0 radical (unpaired) electrons. The molecule has 1 N–H and O–H groups in total. The summed E-state index contributed by atoms with van der Waals surface area (Å²) in [6, 6.07) is 5.91. The monoisotopic (exact) mass is 257 g/mol. The van der Waals surface area contributed by atoms with Crippen LogP contribution in [0.1, 0.15) is 32.9 Å². The average molecular weight is 257 g/mol. The van der Waals surface area contributed by atoms with Crippen LogP contribution >= 0.6 is 0 Å². The molecule has 1 heterocycles. The summed E-state index contributed by atoms with van der Waals surface area (Å²) in [5.74, 6) is -0.105. The van der Waals surface area contributed by atoms with Crippen molar-refractivity contribution in [3.63, 3.8) is 0 Å². The highest BCUT2D eigenvalue weighted by atomic mass is 16.1. The Balaban J connectivity index is 2.28. The Morgan fingerprint density at radius 1 is 1.16 bits per heavy atom. The lowest BCUT2D eigenvalue weighted by Gasteiger charge is -2.08. The molecule has 0 atom stereocenters. The molecule has 1 amide bonds. The lowest BCUT2D eigenvalue weighted by Crippen LogP contribution is -2.14. The van der Waals surface area contributed by atoms with Gasteiger partial charge in [-0.2, -0.15) is 5.10 Å². The molecule has 1 aromatic carbocycles. The van der Waals surface area contributed by atoms with E-state index in [1.165, 1.54) is 5.56 Å². The minimum atomic E-state index is -0.105. The molecule has 4 heteroatoms. The van der Waals surface area contributed by atoms with Gasteiger partial charge in [0, 0.05) is 18.4 Å². The van der Waals surface area contributed by atoms with Gasteiger partial charge in [0.2, 0.25) is 0 Å². The van der Waals surface area contributed by atoms with Crippen LogP contribution in [0.3, 0.4) is 0 Å². The quantitative estimate of drug-likeness (QED) is 0.899. The molecular weight excluding hydrogens is 238 g/mol. The first-order chi connectivity index (χ1) is 8.90. The lowest BCUT2D eigenvalue weighted by molar-refractivity contribution is 0.102. The molecule has 19 heavy (non-hydrogen) atoms. The smallest absolute Gasteiger partial charge is 0.259 e. The largest absolute Gasteiger partial charge is 0.322 e. The second-order valence-electron chi connectivity index (χ2n) is 4.92. The van der Waals surface area contributed by atoms with Crippen LogP contribution in [0.25, 0.3) is 0 Å². The van der Waals surface area contributed by atoms with E-state index in [1.54, 1.807) is 4.68 Å². The van der Waals surface area contributed by atoms with Gasteiger partial charge < -0.3 is 5.32 Å². The summed E-state index contributed by atoms with van der Waals surface area (Å²) in [7, 11) is 1.84. The minimum absolute atomic E-state index is 0.105. The number of aromatic nitrogens is 2. The number of amides is 1. The van der Waals surface area contributed by atoms with Crippen LogP contribution in [0.15, 0.2) is 18.2 Å². The number of hydrogen-bond acceptors (Lipinski definition) is 2. The number of anilines is 1. The lowest BCUT2D eigenvalue weighted by atomic mass is 10.1. The standard InChI is InChI=1S/C15H19N3O/c1-9-6-7-13(8-10(9)2)16-15(19)14-11(3)17-18(5)12(14)4/h6-8H,1-5H3,(H,16,19). The Morgan fingerprint density at radius 3 is 2.37 bits per heavy atom. The maximum atomic E-state index is 12.3. The zero-order chi connectivity index (χ0) is 14.2. The summed E-state index contributed by atoms with van der Waals surface area (Å²) < 4.78 is 1.73. The number of nitrogens with zero attached hydrogens (tertiary/aromatic N) is 2. The first-order valence-corrected chi connectivity index (χ1v) is 6.29. The molecule has 0 unspecified atom stereocenters. The number of carbonyl (C=O) groups is 1. The van der Waals surface area contributed by atoms with E-state index in [0.29, 0.717) is 5.56 Å². The van der Waals surface area contributed by atoms with Gasteiger partial charge in [-0.15, -0.1) is 0 Å². The number of benzene rings is 1. The summed E-state index contributed by atoms with van der Waals surface area (Å²) in [4.78, 5) is 12.3. The van der Waals surface area contributed by atoms with E-state index < -0.39 is 0 Å². The van der Waals surface area contributed by atoms with E-state index in [4.69, 9.17) is 0 Å². The van der Waals surface area contributed by atoms with E-state index in [9.17, 15) is 4.79 Å². The molecule has 2 rings (SSSR count). The molecule has 0 aliphatic rings. The van der Waals surface area contributed by atoms with Crippen LogP contribution < -0.4 is 5.32 Å². The van der Waals surface area contributed by atoms with Crippen LogP contribution in [0.4, 0.5) is 5.69 Å². The predicted octanol–water partition coefficient (Wildman–Crippen LogP) is 2.91. The summed E-state index contributed by atoms with van der Waals surface area (Å²) in [6.45, 7) is 7.83. The maximum Gasteiger partial charge on any atom is 0.259 e. The number of rotatable bonds is 2. The van der Waals surface area contributed by atoms with Crippen molar-refractivity contribution in [2.45, 2.75) is 27.7 Å². The van der Waals surface area contributed by atoms with Gasteiger partial charge in [0.05, 0.1) is 11.3 Å². The Bertz CT molecular complexity index is 641. The van der Waals surface area contributed by atoms with Crippen molar-refractivity contribution in [2.24, 2.45) is 7.05 Å². The van der Waals surface area contributed by atoms with Gasteiger partial charge in [0.25, 0.3) is 5.91 Å². The highest BCUT2D eigenvalue weighted by molar-refractivity contribution is 6.05. The normalized spacial score (nSPS) is 10.6. The van der Waals surface area contributed by atoms with Crippen LogP contribution in [-0.2, 0) is 7.05 Å². The van der Waals surface area contributed by atoms with E-state index in [2.05, 4.69) is 17.3 Å². The first kappa shape index (κ1) is 13.3. The van der Waals surface area contributed by atoms with Gasteiger partial charge in [0.15, 0.2) is 0 Å². The molecule has 100 valence electrons. The summed E-state index contributed by atoms with van der Waals surface area (Å²) in [6.07, 6.45) is 0. The van der Waals surface area contributed by atoms with Crippen molar-refractivity contribution in [1.29, 1.82) is 0 Å². The number of aryl methyl sites for hydroxylation is 4. The third kappa shape index (κ3) is 2.52. The fourth-order valence-electron chi connectivity index (χ4n) is 2.11. The second-order valence-corrected chi connectivity index (χ2v) is 4.92. The van der Waals surface area contributed by atoms with Crippen molar-refractivity contribution in [2.75, 3.05) is 5.32 Å². The Labute approximate surface area is 113 Å². The second kappa shape index (κ2) is 4.88. The third-order valence-electron chi connectivity index (χ3n) is 3.50. The molecule has 0 saturated carbocycles. The average Bonchev–Trinajstić information content (AvgIpc) is 2.58. The zero-order valence-electron chi connectivity index (χ0n) is 12.0. The Kier molecular flexibility index (Phi) is 3.42. The van der Waals surface area contributed by atoms with Crippen molar-refractivity contribution in [3.05, 3.63) is 46.3 Å². The number of hydrogen-bond donors (Lipinski definition) is 1. The van der Waals surface area contributed by atoms with Gasteiger partial charge in [-0.25, -0.2) is 0 Å². The van der Waals surface area contributed by atoms with Crippen LogP contribution in [0.2, 0.25) is 0 Å². The van der Waals surface area contributed by atoms with E-state index >= 15 is 0 Å². The third-order valence-corrected chi connectivity index (χ3v) is 3.50. The maximum absolute atomic E-state index is 12.3. The number of carbonyl (C=O) groups excluding carboxylic acids is 1. The van der Waals surface area contributed by atoms with Gasteiger partial charge in [-0.05, 0) is 51.0 Å². The zero-order valence-corrected chi connectivity index (χ0v) is 12.0. The number of nitrogens with one attached hydrogen (secondary N) is 1. The highest BCUT2D eigenvalue weighted by Crippen LogP contribution is 2.17. The summed E-state index contributed by atoms with van der Waals surface area (Å²) in [5, 5.41) is 7.19. The molecule has 2 aromatic rings. The van der Waals surface area contributed by atoms with Gasteiger partial charge in [-0.3, -0.25) is 9.48 Å². The van der Waals surface area contributed by atoms with Crippen molar-refractivity contribution >= 4 is 11.6 Å². The summed E-state index contributed by atoms with van der Waals surface area (Å²) in [5.41, 5.74) is 5.47. The molecule has 0 aliphatic heterocycles. The molecule has 0 saturated heterocycles. The van der Waals surface area contributed by atoms with Crippen LogP contribution in [0, 0.1) is 27.7 Å². The Hall–Kier alpha value is -2.10. The molecule has 0 fully saturated rings. The fourth-order valence-corrected chi connectivity index (χ4v) is 2.11. The molecule has 1 aromatic heterocycles. The van der Waals surface area contributed by atoms with Crippen molar-refractivity contribution in [3.8, 4) is 0 Å². The van der Waals surface area contributed by atoms with E-state index in [0.717, 1.165) is 22.6 Å². The van der Waals surface area contributed by atoms with E-state index in [-0.39, 0.29) is 5.91 Å². The fraction of sp³-hybridized carbons (Fsp3) is 0.333. The summed E-state index contributed by atoms with van der Waals surface area (Å²) >= 11 is 0. The molecular formula is C15H19N3O. The SMILES string of the molecule is Cc1ccc(NC(=O)c2c(C)nn(C)c2C)cc1C. The van der Waals surface area contributed by atoms with Crippen molar-refractivity contribution in [1.82, 2.24) is 9.78 Å². The predicted molar refractivity (Wildman–Crippen MR) is 76.6 cm³/mol. The minimum Gasteiger partial charge on any atom is -0.322 e. The molecule has 4 nitrogen and oxygen atoms in total. The first-order valence-electron chi connectivity index (χ1n) is 6.29.